The van der Waals surface area contributed by atoms with Crippen molar-refractivity contribution in [1.29, 1.82) is 0 Å². The van der Waals surface area contributed by atoms with Gasteiger partial charge in [0, 0.05) is 36.7 Å². The molecule has 1 saturated heterocycles. The van der Waals surface area contributed by atoms with Crippen LogP contribution in [0.25, 0.3) is 17.2 Å². The normalized spacial score (nSPS) is 17.3. The molecule has 2 aliphatic heterocycles. The minimum Gasteiger partial charge on any atom is -0.338 e. The molecule has 2 aliphatic rings. The predicted molar refractivity (Wildman–Crippen MR) is 151 cm³/mol. The molecule has 1 N–H and O–H groups in total. The van der Waals surface area contributed by atoms with E-state index in [1.807, 2.05) is 6.92 Å². The summed E-state index contributed by atoms with van der Waals surface area (Å²) in [5, 5.41) is 0. The number of aryl methyl sites for hydroxylation is 1. The minimum atomic E-state index is -4.70. The largest absolute Gasteiger partial charge is 0.417 e. The number of amides is 2. The number of hydrogen-bond acceptors (Lipinski definition) is 6. The van der Waals surface area contributed by atoms with Gasteiger partial charge in [0.05, 0.1) is 23.0 Å². The Labute approximate surface area is 247 Å². The van der Waals surface area contributed by atoms with E-state index in [1.165, 1.54) is 41.3 Å². The Balaban J connectivity index is 1.35. The summed E-state index contributed by atoms with van der Waals surface area (Å²) in [5.41, 5.74) is 0.884. The lowest BCUT2D eigenvalue weighted by atomic mass is 9.91. The van der Waals surface area contributed by atoms with E-state index >= 15 is 0 Å². The third-order valence-electron chi connectivity index (χ3n) is 7.34. The fourth-order valence-corrected chi connectivity index (χ4v) is 6.15. The first-order valence-corrected chi connectivity index (χ1v) is 15.1. The summed E-state index contributed by atoms with van der Waals surface area (Å²) in [6, 6.07) is 15.6. The highest BCUT2D eigenvalue weighted by atomic mass is 32.2. The molecule has 12 heteroatoms. The third-order valence-corrected chi connectivity index (χ3v) is 8.70. The lowest BCUT2D eigenvalue weighted by Gasteiger charge is -2.31. The smallest absolute Gasteiger partial charge is 0.338 e. The lowest BCUT2D eigenvalue weighted by Crippen LogP contribution is -2.46. The van der Waals surface area contributed by atoms with Gasteiger partial charge in [0.1, 0.15) is 0 Å². The molecule has 3 aromatic carbocycles. The van der Waals surface area contributed by atoms with Gasteiger partial charge in [-0.1, -0.05) is 35.9 Å². The number of hydrogen-bond donors (Lipinski definition) is 1. The molecule has 0 bridgehead atoms. The average molecular weight is 614 g/mol. The molecule has 0 aromatic heterocycles. The average Bonchev–Trinajstić information content (AvgIpc) is 2.99. The zero-order valence-corrected chi connectivity index (χ0v) is 23.9. The van der Waals surface area contributed by atoms with Crippen molar-refractivity contribution in [2.75, 3.05) is 19.7 Å². The molecule has 5 rings (SSSR count). The first-order valence-electron chi connectivity index (χ1n) is 13.6. The second kappa shape index (κ2) is 12.2. The third kappa shape index (κ3) is 6.91. The number of halogens is 3. The van der Waals surface area contributed by atoms with Crippen LogP contribution >= 0.6 is 0 Å². The van der Waals surface area contributed by atoms with Gasteiger partial charge < -0.3 is 9.79 Å². The highest BCUT2D eigenvalue weighted by Gasteiger charge is 2.35. The number of rotatable bonds is 6. The molecule has 1 fully saturated rings. The zero-order valence-electron chi connectivity index (χ0n) is 23.1. The Morgan fingerprint density at radius 3 is 2.63 bits per heavy atom. The molecular weight excluding hydrogens is 585 g/mol. The number of benzene rings is 3. The molecular formula is C31H28F3N2O6S. The van der Waals surface area contributed by atoms with Gasteiger partial charge in [0.2, 0.25) is 11.8 Å². The van der Waals surface area contributed by atoms with Crippen molar-refractivity contribution in [1.82, 2.24) is 9.62 Å². The summed E-state index contributed by atoms with van der Waals surface area (Å²) in [6.07, 6.45) is -0.939. The molecule has 225 valence electrons. The molecule has 0 spiro atoms. The second-order valence-corrected chi connectivity index (χ2v) is 12.1. The molecule has 2 heterocycles. The van der Waals surface area contributed by atoms with E-state index in [4.69, 9.17) is 9.78 Å². The summed E-state index contributed by atoms with van der Waals surface area (Å²) in [6.45, 7) is 2.35. The van der Waals surface area contributed by atoms with Gasteiger partial charge in [-0.25, -0.2) is 13.1 Å². The standard InChI is InChI=1S/C31H28F3N2O6S/c1-20-7-11-25(12-8-20)43(39,40)35-30(38)24-5-3-16-36(19-24)28(37)14-10-21-4-2-6-26(31(32,33)34)29(21)23-9-13-27-22(18-23)15-17-41-42-27/h2,4,7-14,18,24H,3,5,15-17,19H2,1H3,(H,35,38)/b14-10+. The monoisotopic (exact) mass is 613 g/mol. The fourth-order valence-electron chi connectivity index (χ4n) is 5.11. The van der Waals surface area contributed by atoms with Gasteiger partial charge in [-0.3, -0.25) is 9.59 Å². The van der Waals surface area contributed by atoms with Gasteiger partial charge in [0.15, 0.2) is 5.75 Å². The van der Waals surface area contributed by atoms with E-state index in [2.05, 4.69) is 10.8 Å². The van der Waals surface area contributed by atoms with Gasteiger partial charge in [-0.15, -0.1) is 0 Å². The van der Waals surface area contributed by atoms with Crippen molar-refractivity contribution in [3.05, 3.63) is 89.0 Å². The maximum atomic E-state index is 14.0. The van der Waals surface area contributed by atoms with Crippen LogP contribution in [0.3, 0.4) is 0 Å². The van der Waals surface area contributed by atoms with Crippen LogP contribution in [0, 0.1) is 18.9 Å². The summed E-state index contributed by atoms with van der Waals surface area (Å²) in [7, 11) is -4.09. The highest BCUT2D eigenvalue weighted by molar-refractivity contribution is 7.90. The first kappa shape index (κ1) is 30.3. The Morgan fingerprint density at radius 1 is 1.12 bits per heavy atom. The minimum absolute atomic E-state index is 0.0332. The van der Waals surface area contributed by atoms with Crippen LogP contribution in [0.1, 0.15) is 35.1 Å². The molecule has 1 atom stereocenters. The van der Waals surface area contributed by atoms with Gasteiger partial charge in [0.25, 0.3) is 10.0 Å². The molecule has 8 nitrogen and oxygen atoms in total. The van der Waals surface area contributed by atoms with Crippen LogP contribution in [0.15, 0.2) is 65.6 Å². The second-order valence-electron chi connectivity index (χ2n) is 10.4. The summed E-state index contributed by atoms with van der Waals surface area (Å²) >= 11 is 0. The summed E-state index contributed by atoms with van der Waals surface area (Å²) in [5.74, 6) is -1.58. The van der Waals surface area contributed by atoms with Crippen LogP contribution in [0.4, 0.5) is 13.2 Å². The van der Waals surface area contributed by atoms with Crippen LogP contribution < -0.4 is 9.61 Å². The molecule has 0 saturated carbocycles. The first-order chi connectivity index (χ1) is 20.4. The number of nitrogens with zero attached hydrogens (tertiary/aromatic N) is 1. The number of sulfonamides is 1. The van der Waals surface area contributed by atoms with E-state index in [1.54, 1.807) is 18.2 Å². The van der Waals surface area contributed by atoms with E-state index in [-0.39, 0.29) is 34.7 Å². The number of carbonyl (C=O) groups excluding carboxylic acids is 2. The van der Waals surface area contributed by atoms with E-state index in [9.17, 15) is 31.2 Å². The maximum Gasteiger partial charge on any atom is 0.417 e. The lowest BCUT2D eigenvalue weighted by molar-refractivity contribution is -0.215. The molecule has 3 aromatic rings. The van der Waals surface area contributed by atoms with E-state index in [0.29, 0.717) is 37.1 Å². The molecule has 43 heavy (non-hydrogen) atoms. The topological polar surface area (TPSA) is 102 Å². The van der Waals surface area contributed by atoms with Crippen molar-refractivity contribution in [3.8, 4) is 16.9 Å². The summed E-state index contributed by atoms with van der Waals surface area (Å²) in [4.78, 5) is 37.4. The quantitative estimate of drug-likeness (QED) is 0.307. The predicted octanol–water partition coefficient (Wildman–Crippen LogP) is 5.10. The maximum absolute atomic E-state index is 14.0. The Kier molecular flexibility index (Phi) is 8.61. The number of likely N-dealkylation sites (tertiary alicyclic amines) is 1. The Hall–Kier alpha value is -4.16. The molecule has 2 amide bonds. The number of nitrogens with one attached hydrogen (secondary N) is 1. The molecule has 0 aliphatic carbocycles. The van der Waals surface area contributed by atoms with Gasteiger partial charge in [-0.2, -0.15) is 18.1 Å². The Bertz CT molecular complexity index is 1670. The number of carbonyl (C=O) groups is 2. The highest BCUT2D eigenvalue weighted by Crippen LogP contribution is 2.41. The van der Waals surface area contributed by atoms with Crippen molar-refractivity contribution in [2.24, 2.45) is 5.92 Å². The van der Waals surface area contributed by atoms with Crippen molar-refractivity contribution >= 4 is 27.9 Å². The van der Waals surface area contributed by atoms with Crippen molar-refractivity contribution < 1.29 is 41.0 Å². The molecule has 1 radical (unpaired) electrons. The van der Waals surface area contributed by atoms with Crippen LogP contribution in [0.5, 0.6) is 5.75 Å². The van der Waals surface area contributed by atoms with E-state index in [0.717, 1.165) is 17.7 Å². The van der Waals surface area contributed by atoms with Crippen molar-refractivity contribution in [2.45, 2.75) is 37.3 Å². The van der Waals surface area contributed by atoms with E-state index < -0.39 is 39.5 Å². The number of fused-ring (bicyclic) bond motifs is 1. The van der Waals surface area contributed by atoms with Crippen molar-refractivity contribution in [3.63, 3.8) is 0 Å². The van der Waals surface area contributed by atoms with Crippen LogP contribution in [-0.4, -0.2) is 44.8 Å². The number of piperidine rings is 1. The Morgan fingerprint density at radius 2 is 1.88 bits per heavy atom. The van der Waals surface area contributed by atoms with Crippen LogP contribution in [-0.2, 0) is 37.1 Å². The number of alkyl halides is 3. The van der Waals surface area contributed by atoms with Gasteiger partial charge in [-0.05, 0) is 67.3 Å². The summed E-state index contributed by atoms with van der Waals surface area (Å²) < 4.78 is 69.6. The fraction of sp³-hybridized carbons (Fsp3) is 0.290. The molecule has 1 unspecified atom stereocenters. The zero-order chi connectivity index (χ0) is 30.8. The van der Waals surface area contributed by atoms with Crippen LogP contribution in [0.2, 0.25) is 0 Å². The SMILES string of the molecule is Cc1ccc(S(=O)(=O)NC(=O)C2CCCN(C(=O)/C=C/c3cc[c]c(C(F)(F)F)c3-c3ccc4c(c3)CCOO4)C2)cc1. The van der Waals surface area contributed by atoms with Gasteiger partial charge >= 0.3 is 6.18 Å².